The lowest BCUT2D eigenvalue weighted by Gasteiger charge is -2.07. The van der Waals surface area contributed by atoms with Crippen molar-refractivity contribution in [3.63, 3.8) is 0 Å². The van der Waals surface area contributed by atoms with E-state index >= 15 is 0 Å². The summed E-state index contributed by atoms with van der Waals surface area (Å²) >= 11 is 0. The Morgan fingerprint density at radius 2 is 1.72 bits per heavy atom. The number of nitrogens with zero attached hydrogens (tertiary/aromatic N) is 2. The van der Waals surface area contributed by atoms with Gasteiger partial charge in [0.15, 0.2) is 0 Å². The van der Waals surface area contributed by atoms with Crippen LogP contribution in [0.25, 0.3) is 11.5 Å². The molecule has 0 amide bonds. The molecule has 4 heteroatoms. The SMILES string of the molecule is CNC(C)c1nnc(-c2c(C)cc(C)cc2C)o1. The van der Waals surface area contributed by atoms with Crippen molar-refractivity contribution in [3.8, 4) is 11.5 Å². The summed E-state index contributed by atoms with van der Waals surface area (Å²) in [4.78, 5) is 0. The van der Waals surface area contributed by atoms with Gasteiger partial charge in [0, 0.05) is 5.56 Å². The lowest BCUT2D eigenvalue weighted by atomic mass is 10.00. The standard InChI is InChI=1S/C14H19N3O/c1-8-6-9(2)12(10(3)7-8)14-17-16-13(18-14)11(4)15-5/h6-7,11,15H,1-5H3. The summed E-state index contributed by atoms with van der Waals surface area (Å²) in [6, 6.07) is 4.33. The second kappa shape index (κ2) is 4.90. The van der Waals surface area contributed by atoms with Gasteiger partial charge in [0.05, 0.1) is 6.04 Å². The van der Waals surface area contributed by atoms with E-state index in [-0.39, 0.29) is 6.04 Å². The van der Waals surface area contributed by atoms with E-state index in [2.05, 4.69) is 48.4 Å². The number of benzene rings is 1. The molecule has 4 nitrogen and oxygen atoms in total. The van der Waals surface area contributed by atoms with Crippen LogP contribution in [0.1, 0.15) is 35.5 Å². The molecule has 0 radical (unpaired) electrons. The molecule has 0 aliphatic heterocycles. The first kappa shape index (κ1) is 12.8. The zero-order chi connectivity index (χ0) is 13.3. The van der Waals surface area contributed by atoms with E-state index in [9.17, 15) is 0 Å². The Morgan fingerprint density at radius 3 is 2.28 bits per heavy atom. The van der Waals surface area contributed by atoms with Crippen LogP contribution in [0.3, 0.4) is 0 Å². The maximum Gasteiger partial charge on any atom is 0.248 e. The highest BCUT2D eigenvalue weighted by molar-refractivity contribution is 5.63. The van der Waals surface area contributed by atoms with E-state index in [0.29, 0.717) is 11.8 Å². The minimum Gasteiger partial charge on any atom is -0.419 e. The summed E-state index contributed by atoms with van der Waals surface area (Å²) in [6.45, 7) is 8.22. The smallest absolute Gasteiger partial charge is 0.248 e. The summed E-state index contributed by atoms with van der Waals surface area (Å²) in [6.07, 6.45) is 0. The third kappa shape index (κ3) is 2.29. The monoisotopic (exact) mass is 245 g/mol. The molecule has 2 rings (SSSR count). The molecule has 0 bridgehead atoms. The fourth-order valence-corrected chi connectivity index (χ4v) is 2.15. The van der Waals surface area contributed by atoms with E-state index in [1.165, 1.54) is 16.7 Å². The zero-order valence-electron chi connectivity index (χ0n) is 11.5. The van der Waals surface area contributed by atoms with E-state index in [4.69, 9.17) is 4.42 Å². The van der Waals surface area contributed by atoms with Gasteiger partial charge >= 0.3 is 0 Å². The Hall–Kier alpha value is -1.68. The van der Waals surface area contributed by atoms with Gasteiger partial charge in [0.2, 0.25) is 11.8 Å². The first-order valence-electron chi connectivity index (χ1n) is 6.11. The van der Waals surface area contributed by atoms with Crippen molar-refractivity contribution >= 4 is 0 Å². The third-order valence-corrected chi connectivity index (χ3v) is 3.13. The van der Waals surface area contributed by atoms with Gasteiger partial charge in [-0.15, -0.1) is 10.2 Å². The van der Waals surface area contributed by atoms with Crippen molar-refractivity contribution < 1.29 is 4.42 Å². The first-order chi connectivity index (χ1) is 8.52. The van der Waals surface area contributed by atoms with Gasteiger partial charge in [-0.05, 0) is 45.9 Å². The highest BCUT2D eigenvalue weighted by atomic mass is 16.4. The average molecular weight is 245 g/mol. The Labute approximate surface area is 107 Å². The Bertz CT molecular complexity index is 537. The number of hydrogen-bond acceptors (Lipinski definition) is 4. The maximum absolute atomic E-state index is 5.74. The van der Waals surface area contributed by atoms with Gasteiger partial charge in [-0.3, -0.25) is 0 Å². The molecule has 2 aromatic rings. The molecule has 0 fully saturated rings. The van der Waals surface area contributed by atoms with Gasteiger partial charge in [-0.1, -0.05) is 17.7 Å². The number of nitrogens with one attached hydrogen (secondary N) is 1. The van der Waals surface area contributed by atoms with E-state index in [0.717, 1.165) is 5.56 Å². The largest absolute Gasteiger partial charge is 0.419 e. The second-order valence-corrected chi connectivity index (χ2v) is 4.73. The molecule has 1 N–H and O–H groups in total. The Morgan fingerprint density at radius 1 is 1.11 bits per heavy atom. The van der Waals surface area contributed by atoms with Crippen LogP contribution < -0.4 is 5.32 Å². The summed E-state index contributed by atoms with van der Waals surface area (Å²) in [7, 11) is 1.87. The van der Waals surface area contributed by atoms with Crippen LogP contribution in [-0.4, -0.2) is 17.2 Å². The highest BCUT2D eigenvalue weighted by Gasteiger charge is 2.16. The summed E-state index contributed by atoms with van der Waals surface area (Å²) in [5.74, 6) is 1.22. The molecule has 1 heterocycles. The Balaban J connectivity index is 2.46. The average Bonchev–Trinajstić information content (AvgIpc) is 2.76. The van der Waals surface area contributed by atoms with Crippen LogP contribution >= 0.6 is 0 Å². The number of rotatable bonds is 3. The van der Waals surface area contributed by atoms with Gasteiger partial charge < -0.3 is 9.73 Å². The third-order valence-electron chi connectivity index (χ3n) is 3.13. The molecule has 1 unspecified atom stereocenters. The fourth-order valence-electron chi connectivity index (χ4n) is 2.15. The number of aromatic nitrogens is 2. The van der Waals surface area contributed by atoms with Crippen molar-refractivity contribution in [2.75, 3.05) is 7.05 Å². The van der Waals surface area contributed by atoms with Crippen LogP contribution in [-0.2, 0) is 0 Å². The molecule has 18 heavy (non-hydrogen) atoms. The predicted octanol–water partition coefficient (Wildman–Crippen LogP) is 2.94. The zero-order valence-corrected chi connectivity index (χ0v) is 11.5. The van der Waals surface area contributed by atoms with Crippen molar-refractivity contribution in [2.45, 2.75) is 33.7 Å². The molecular formula is C14H19N3O. The topological polar surface area (TPSA) is 51.0 Å². The highest BCUT2D eigenvalue weighted by Crippen LogP contribution is 2.28. The minimum absolute atomic E-state index is 0.0670. The van der Waals surface area contributed by atoms with E-state index in [1.807, 2.05) is 14.0 Å². The molecule has 1 aromatic carbocycles. The number of hydrogen-bond donors (Lipinski definition) is 1. The molecule has 0 saturated heterocycles. The molecule has 0 aliphatic rings. The van der Waals surface area contributed by atoms with Crippen molar-refractivity contribution in [1.29, 1.82) is 0 Å². The quantitative estimate of drug-likeness (QED) is 0.903. The van der Waals surface area contributed by atoms with Crippen LogP contribution in [0.4, 0.5) is 0 Å². The van der Waals surface area contributed by atoms with Gasteiger partial charge in [0.25, 0.3) is 0 Å². The van der Waals surface area contributed by atoms with Crippen LogP contribution in [0.2, 0.25) is 0 Å². The fraction of sp³-hybridized carbons (Fsp3) is 0.429. The van der Waals surface area contributed by atoms with Gasteiger partial charge in [0.1, 0.15) is 0 Å². The normalized spacial score (nSPS) is 12.7. The van der Waals surface area contributed by atoms with E-state index < -0.39 is 0 Å². The van der Waals surface area contributed by atoms with Crippen LogP contribution in [0.15, 0.2) is 16.5 Å². The predicted molar refractivity (Wildman–Crippen MR) is 71.4 cm³/mol. The van der Waals surface area contributed by atoms with Crippen molar-refractivity contribution in [3.05, 3.63) is 34.7 Å². The molecule has 0 saturated carbocycles. The van der Waals surface area contributed by atoms with E-state index in [1.54, 1.807) is 0 Å². The van der Waals surface area contributed by atoms with Gasteiger partial charge in [-0.2, -0.15) is 0 Å². The van der Waals surface area contributed by atoms with Crippen LogP contribution in [0, 0.1) is 20.8 Å². The molecule has 0 aliphatic carbocycles. The summed E-state index contributed by atoms with van der Waals surface area (Å²) in [5, 5.41) is 11.3. The molecular weight excluding hydrogens is 226 g/mol. The minimum atomic E-state index is 0.0670. The second-order valence-electron chi connectivity index (χ2n) is 4.73. The summed E-state index contributed by atoms with van der Waals surface area (Å²) < 4.78 is 5.74. The maximum atomic E-state index is 5.74. The lowest BCUT2D eigenvalue weighted by molar-refractivity contribution is 0.441. The first-order valence-corrected chi connectivity index (χ1v) is 6.11. The molecule has 1 atom stereocenters. The molecule has 0 spiro atoms. The summed E-state index contributed by atoms with van der Waals surface area (Å²) in [5.41, 5.74) is 4.62. The Kier molecular flexibility index (Phi) is 3.48. The molecule has 1 aromatic heterocycles. The van der Waals surface area contributed by atoms with Crippen LogP contribution in [0.5, 0.6) is 0 Å². The molecule has 96 valence electrons. The van der Waals surface area contributed by atoms with Gasteiger partial charge in [-0.25, -0.2) is 0 Å². The number of aryl methyl sites for hydroxylation is 3. The van der Waals surface area contributed by atoms with Crippen molar-refractivity contribution in [1.82, 2.24) is 15.5 Å². The van der Waals surface area contributed by atoms with Crippen molar-refractivity contribution in [2.24, 2.45) is 0 Å². The lowest BCUT2D eigenvalue weighted by Crippen LogP contribution is -2.12.